The maximum atomic E-state index is 11.7. The van der Waals surface area contributed by atoms with E-state index in [0.717, 1.165) is 18.8 Å². The van der Waals surface area contributed by atoms with E-state index in [1.165, 1.54) is 37.8 Å². The maximum Gasteiger partial charge on any atom is 0.371 e. The molecule has 0 aliphatic heterocycles. The zero-order valence-corrected chi connectivity index (χ0v) is 10.9. The van der Waals surface area contributed by atoms with Crippen molar-refractivity contribution >= 4 is 11.9 Å². The van der Waals surface area contributed by atoms with E-state index in [9.17, 15) is 9.59 Å². The molecule has 1 saturated carbocycles. The maximum absolute atomic E-state index is 11.7. The van der Waals surface area contributed by atoms with Crippen molar-refractivity contribution < 1.29 is 19.1 Å². The molecule has 1 aromatic heterocycles. The number of carboxylic acids is 1. The number of amides is 1. The molecule has 1 aliphatic carbocycles. The summed E-state index contributed by atoms with van der Waals surface area (Å²) in [6.45, 7) is 0.610. The van der Waals surface area contributed by atoms with Gasteiger partial charge in [-0.1, -0.05) is 25.7 Å². The Kier molecular flexibility index (Phi) is 4.60. The van der Waals surface area contributed by atoms with E-state index in [-0.39, 0.29) is 17.4 Å². The van der Waals surface area contributed by atoms with Crippen LogP contribution in [0.4, 0.5) is 0 Å². The molecule has 5 nitrogen and oxygen atoms in total. The van der Waals surface area contributed by atoms with Gasteiger partial charge in [0.25, 0.3) is 5.91 Å². The summed E-state index contributed by atoms with van der Waals surface area (Å²) in [5.41, 5.74) is 0. The molecule has 1 aromatic rings. The van der Waals surface area contributed by atoms with E-state index in [2.05, 4.69) is 5.32 Å². The molecule has 0 atom stereocenters. The van der Waals surface area contributed by atoms with Gasteiger partial charge in [0.15, 0.2) is 5.76 Å². The van der Waals surface area contributed by atoms with Crippen LogP contribution in [0.25, 0.3) is 0 Å². The third kappa shape index (κ3) is 3.84. The molecule has 1 aliphatic rings. The molecule has 0 spiro atoms. The Labute approximate surface area is 112 Å². The van der Waals surface area contributed by atoms with Gasteiger partial charge in [-0.25, -0.2) is 4.79 Å². The molecule has 0 unspecified atom stereocenters. The van der Waals surface area contributed by atoms with Crippen LogP contribution in [0.2, 0.25) is 0 Å². The van der Waals surface area contributed by atoms with Crippen LogP contribution in [-0.2, 0) is 0 Å². The van der Waals surface area contributed by atoms with Gasteiger partial charge in [-0.15, -0.1) is 0 Å². The van der Waals surface area contributed by atoms with Gasteiger partial charge >= 0.3 is 5.97 Å². The Balaban J connectivity index is 1.69. The van der Waals surface area contributed by atoms with Crippen LogP contribution in [0.5, 0.6) is 0 Å². The summed E-state index contributed by atoms with van der Waals surface area (Å²) >= 11 is 0. The van der Waals surface area contributed by atoms with Gasteiger partial charge < -0.3 is 14.8 Å². The van der Waals surface area contributed by atoms with Crippen LogP contribution >= 0.6 is 0 Å². The Morgan fingerprint density at radius 2 is 1.95 bits per heavy atom. The number of carbonyl (C=O) groups excluding carboxylic acids is 1. The molecular weight excluding hydrogens is 246 g/mol. The Bertz CT molecular complexity index is 446. The fourth-order valence-electron chi connectivity index (χ4n) is 2.55. The Morgan fingerprint density at radius 3 is 2.58 bits per heavy atom. The fourth-order valence-corrected chi connectivity index (χ4v) is 2.55. The smallest absolute Gasteiger partial charge is 0.371 e. The second-order valence-corrected chi connectivity index (χ2v) is 5.02. The summed E-state index contributed by atoms with van der Waals surface area (Å²) in [5.74, 6) is -0.854. The number of hydrogen-bond donors (Lipinski definition) is 2. The van der Waals surface area contributed by atoms with Crippen LogP contribution < -0.4 is 5.32 Å². The number of carbonyl (C=O) groups is 2. The van der Waals surface area contributed by atoms with Crippen molar-refractivity contribution in [2.75, 3.05) is 6.54 Å². The average molecular weight is 265 g/mol. The minimum Gasteiger partial charge on any atom is -0.475 e. The molecule has 0 saturated heterocycles. The normalized spacial score (nSPS) is 15.6. The standard InChI is InChI=1S/C14H19NO4/c16-13(11-7-8-12(19-11)14(17)18)15-9-3-6-10-4-1-2-5-10/h7-8,10H,1-6,9H2,(H,15,16)(H,17,18). The molecule has 1 heterocycles. The van der Waals surface area contributed by atoms with Crippen LogP contribution in [0.3, 0.4) is 0 Å². The first kappa shape index (κ1) is 13.6. The van der Waals surface area contributed by atoms with Crippen molar-refractivity contribution in [1.29, 1.82) is 0 Å². The number of hydrogen-bond acceptors (Lipinski definition) is 3. The lowest BCUT2D eigenvalue weighted by atomic mass is 10.0. The van der Waals surface area contributed by atoms with Crippen LogP contribution in [0, 0.1) is 5.92 Å². The minimum atomic E-state index is -1.17. The Hall–Kier alpha value is -1.78. The van der Waals surface area contributed by atoms with Crippen molar-refractivity contribution in [3.63, 3.8) is 0 Å². The van der Waals surface area contributed by atoms with Crippen molar-refractivity contribution in [3.05, 3.63) is 23.7 Å². The van der Waals surface area contributed by atoms with Gasteiger partial charge in [-0.3, -0.25) is 4.79 Å². The largest absolute Gasteiger partial charge is 0.475 e. The Morgan fingerprint density at radius 1 is 1.26 bits per heavy atom. The molecule has 104 valence electrons. The number of rotatable bonds is 6. The van der Waals surface area contributed by atoms with E-state index in [1.807, 2.05) is 0 Å². The summed E-state index contributed by atoms with van der Waals surface area (Å²) < 4.78 is 4.93. The highest BCUT2D eigenvalue weighted by Gasteiger charge is 2.16. The van der Waals surface area contributed by atoms with Crippen LogP contribution in [-0.4, -0.2) is 23.5 Å². The molecule has 2 N–H and O–H groups in total. The highest BCUT2D eigenvalue weighted by Crippen LogP contribution is 2.28. The second kappa shape index (κ2) is 6.41. The zero-order valence-electron chi connectivity index (χ0n) is 10.9. The van der Waals surface area contributed by atoms with Crippen molar-refractivity contribution in [1.82, 2.24) is 5.32 Å². The molecule has 5 heteroatoms. The van der Waals surface area contributed by atoms with Gasteiger partial charge in [0.2, 0.25) is 5.76 Å². The monoisotopic (exact) mass is 265 g/mol. The first-order valence-electron chi connectivity index (χ1n) is 6.78. The SMILES string of the molecule is O=C(O)c1ccc(C(=O)NCCCC2CCCC2)o1. The number of nitrogens with one attached hydrogen (secondary N) is 1. The van der Waals surface area contributed by atoms with Gasteiger partial charge in [0, 0.05) is 6.54 Å². The lowest BCUT2D eigenvalue weighted by molar-refractivity contribution is 0.0659. The molecule has 1 amide bonds. The van der Waals surface area contributed by atoms with Gasteiger partial charge in [-0.2, -0.15) is 0 Å². The van der Waals surface area contributed by atoms with Gasteiger partial charge in [0.05, 0.1) is 0 Å². The predicted molar refractivity (Wildman–Crippen MR) is 69.2 cm³/mol. The van der Waals surface area contributed by atoms with Gasteiger partial charge in [-0.05, 0) is 30.9 Å². The average Bonchev–Trinajstić information content (AvgIpc) is 3.05. The first-order valence-corrected chi connectivity index (χ1v) is 6.78. The number of aromatic carboxylic acids is 1. The van der Waals surface area contributed by atoms with E-state index in [1.54, 1.807) is 0 Å². The van der Waals surface area contributed by atoms with E-state index in [4.69, 9.17) is 9.52 Å². The summed E-state index contributed by atoms with van der Waals surface area (Å²) in [4.78, 5) is 22.3. The highest BCUT2D eigenvalue weighted by molar-refractivity contribution is 5.93. The second-order valence-electron chi connectivity index (χ2n) is 5.02. The van der Waals surface area contributed by atoms with E-state index >= 15 is 0 Å². The van der Waals surface area contributed by atoms with E-state index in [0.29, 0.717) is 6.54 Å². The molecule has 0 radical (unpaired) electrons. The third-order valence-electron chi connectivity index (χ3n) is 3.59. The summed E-state index contributed by atoms with van der Waals surface area (Å²) in [6.07, 6.45) is 7.41. The first-order chi connectivity index (χ1) is 9.16. The van der Waals surface area contributed by atoms with Gasteiger partial charge in [0.1, 0.15) is 0 Å². The fraction of sp³-hybridized carbons (Fsp3) is 0.571. The van der Waals surface area contributed by atoms with Crippen molar-refractivity contribution in [2.24, 2.45) is 5.92 Å². The lowest BCUT2D eigenvalue weighted by Gasteiger charge is -2.08. The molecule has 1 fully saturated rings. The van der Waals surface area contributed by atoms with Crippen molar-refractivity contribution in [2.45, 2.75) is 38.5 Å². The summed E-state index contributed by atoms with van der Waals surface area (Å²) in [6, 6.07) is 2.67. The molecule has 19 heavy (non-hydrogen) atoms. The van der Waals surface area contributed by atoms with Crippen molar-refractivity contribution in [3.8, 4) is 0 Å². The zero-order chi connectivity index (χ0) is 13.7. The quantitative estimate of drug-likeness (QED) is 0.775. The minimum absolute atomic E-state index is 0.0540. The number of furan rings is 1. The molecule has 0 aromatic carbocycles. The van der Waals surface area contributed by atoms with Crippen LogP contribution in [0.1, 0.15) is 59.6 Å². The number of carboxylic acid groups (broad SMARTS) is 1. The lowest BCUT2D eigenvalue weighted by Crippen LogP contribution is -2.24. The van der Waals surface area contributed by atoms with E-state index < -0.39 is 5.97 Å². The summed E-state index contributed by atoms with van der Waals surface area (Å²) in [7, 11) is 0. The predicted octanol–water partition coefficient (Wildman–Crippen LogP) is 2.68. The summed E-state index contributed by atoms with van der Waals surface area (Å²) in [5, 5.41) is 11.4. The van der Waals surface area contributed by atoms with Crippen LogP contribution in [0.15, 0.2) is 16.5 Å². The third-order valence-corrected chi connectivity index (χ3v) is 3.59. The molecule has 2 rings (SSSR count). The molecule has 0 bridgehead atoms. The molecular formula is C14H19NO4. The topological polar surface area (TPSA) is 79.5 Å². The highest BCUT2D eigenvalue weighted by atomic mass is 16.4.